The summed E-state index contributed by atoms with van der Waals surface area (Å²) in [6.45, 7) is 8.98. The monoisotopic (exact) mass is 237 g/mol. The minimum atomic E-state index is -0.976. The van der Waals surface area contributed by atoms with Crippen molar-refractivity contribution >= 4 is 11.8 Å². The van der Waals surface area contributed by atoms with E-state index in [0.717, 1.165) is 0 Å². The molecule has 1 rings (SSSR count). The Hall–Kier alpha value is -1.58. The maximum absolute atomic E-state index is 11.6. The molecule has 0 aliphatic heterocycles. The molecule has 0 aliphatic carbocycles. The number of rotatable bonds is 2. The van der Waals surface area contributed by atoms with E-state index >= 15 is 0 Å². The van der Waals surface area contributed by atoms with Gasteiger partial charge in [0.1, 0.15) is 0 Å². The summed E-state index contributed by atoms with van der Waals surface area (Å²) in [7, 11) is 1.75. The first kappa shape index (κ1) is 13.5. The fraction of sp³-hybridized carbons (Fsp3) is 0.538. The average molecular weight is 237 g/mol. The van der Waals surface area contributed by atoms with Gasteiger partial charge in [-0.15, -0.1) is 0 Å². The van der Waals surface area contributed by atoms with Gasteiger partial charge in [0, 0.05) is 25.1 Å². The molecular weight excluding hydrogens is 218 g/mol. The summed E-state index contributed by atoms with van der Waals surface area (Å²) in [5.74, 6) is -1.08. The van der Waals surface area contributed by atoms with E-state index in [1.165, 1.54) is 6.92 Å². The van der Waals surface area contributed by atoms with Gasteiger partial charge in [-0.1, -0.05) is 20.8 Å². The number of Topliss-reactive ketones (excluding diaryl/α,β-unsaturated/α-hetero) is 1. The van der Waals surface area contributed by atoms with Crippen molar-refractivity contribution in [2.24, 2.45) is 7.05 Å². The molecule has 0 bridgehead atoms. The van der Waals surface area contributed by atoms with Gasteiger partial charge in [0.25, 0.3) is 0 Å². The van der Waals surface area contributed by atoms with Gasteiger partial charge in [-0.2, -0.15) is 0 Å². The predicted octanol–water partition coefficient (Wildman–Crippen LogP) is 2.53. The molecule has 1 aromatic rings. The van der Waals surface area contributed by atoms with Crippen molar-refractivity contribution in [1.82, 2.24) is 4.57 Å². The van der Waals surface area contributed by atoms with Gasteiger partial charge in [-0.25, -0.2) is 4.79 Å². The Balaban J connectivity index is 3.76. The molecule has 17 heavy (non-hydrogen) atoms. The van der Waals surface area contributed by atoms with Gasteiger partial charge in [-0.3, -0.25) is 4.79 Å². The molecule has 4 nitrogen and oxygen atoms in total. The van der Waals surface area contributed by atoms with Gasteiger partial charge in [0.05, 0.1) is 11.3 Å². The van der Waals surface area contributed by atoms with Crippen LogP contribution >= 0.6 is 0 Å². The molecule has 0 saturated carbocycles. The van der Waals surface area contributed by atoms with E-state index in [9.17, 15) is 14.7 Å². The van der Waals surface area contributed by atoms with Gasteiger partial charge in [0.15, 0.2) is 5.78 Å². The van der Waals surface area contributed by atoms with E-state index in [2.05, 4.69) is 0 Å². The van der Waals surface area contributed by atoms with Gasteiger partial charge < -0.3 is 9.67 Å². The second kappa shape index (κ2) is 4.02. The molecule has 0 atom stereocenters. The highest BCUT2D eigenvalue weighted by Gasteiger charge is 2.31. The maximum atomic E-state index is 11.6. The third-order valence-corrected chi connectivity index (χ3v) is 2.90. The van der Waals surface area contributed by atoms with Crippen LogP contribution in [0.4, 0.5) is 0 Å². The summed E-state index contributed by atoms with van der Waals surface area (Å²) in [4.78, 5) is 22.9. The number of carboxylic acids is 1. The van der Waals surface area contributed by atoms with Crippen LogP contribution < -0.4 is 0 Å². The maximum Gasteiger partial charge on any atom is 0.337 e. The molecule has 0 aliphatic rings. The highest BCUT2D eigenvalue weighted by molar-refractivity contribution is 6.00. The second-order valence-electron chi connectivity index (χ2n) is 5.37. The molecule has 0 amide bonds. The van der Waals surface area contributed by atoms with Gasteiger partial charge in [-0.05, 0) is 12.5 Å². The van der Waals surface area contributed by atoms with Crippen LogP contribution in [0, 0.1) is 6.92 Å². The quantitative estimate of drug-likeness (QED) is 0.804. The van der Waals surface area contributed by atoms with Crippen LogP contribution in [0.15, 0.2) is 0 Å². The van der Waals surface area contributed by atoms with E-state index in [0.29, 0.717) is 17.0 Å². The Morgan fingerprint density at radius 3 is 1.94 bits per heavy atom. The second-order valence-corrected chi connectivity index (χ2v) is 5.37. The standard InChI is InChI=1S/C13H19NO3/c1-7-9(12(16)17)11(13(3,4)5)14(6)10(7)8(2)15/h1-6H3,(H,16,17). The lowest BCUT2D eigenvalue weighted by Gasteiger charge is -2.21. The van der Waals surface area contributed by atoms with Crippen molar-refractivity contribution in [2.75, 3.05) is 0 Å². The lowest BCUT2D eigenvalue weighted by atomic mass is 9.88. The van der Waals surface area contributed by atoms with Crippen LogP contribution in [0.2, 0.25) is 0 Å². The van der Waals surface area contributed by atoms with Gasteiger partial charge in [0.2, 0.25) is 0 Å². The normalized spacial score (nSPS) is 11.6. The summed E-state index contributed by atoms with van der Waals surface area (Å²) in [6.07, 6.45) is 0. The number of ketones is 1. The Bertz CT molecular complexity index is 490. The van der Waals surface area contributed by atoms with Crippen LogP contribution in [-0.4, -0.2) is 21.4 Å². The van der Waals surface area contributed by atoms with Crippen molar-refractivity contribution in [3.63, 3.8) is 0 Å². The zero-order valence-corrected chi connectivity index (χ0v) is 11.2. The van der Waals surface area contributed by atoms with Crippen LogP contribution in [0.3, 0.4) is 0 Å². The SMILES string of the molecule is CC(=O)c1c(C)c(C(=O)O)c(C(C)(C)C)n1C. The predicted molar refractivity (Wildman–Crippen MR) is 65.8 cm³/mol. The molecular formula is C13H19NO3. The third kappa shape index (κ3) is 2.12. The molecule has 0 saturated heterocycles. The molecule has 4 heteroatoms. The fourth-order valence-electron chi connectivity index (χ4n) is 2.47. The van der Waals surface area contributed by atoms with Crippen molar-refractivity contribution in [3.8, 4) is 0 Å². The fourth-order valence-corrected chi connectivity index (χ4v) is 2.47. The third-order valence-electron chi connectivity index (χ3n) is 2.90. The van der Waals surface area contributed by atoms with Crippen molar-refractivity contribution in [3.05, 3.63) is 22.5 Å². The number of nitrogens with zero attached hydrogens (tertiary/aromatic N) is 1. The summed E-state index contributed by atoms with van der Waals surface area (Å²) in [5, 5.41) is 9.30. The molecule has 0 radical (unpaired) electrons. The number of hydrogen-bond donors (Lipinski definition) is 1. The topological polar surface area (TPSA) is 59.3 Å². The number of carboxylic acid groups (broad SMARTS) is 1. The number of carbonyl (C=O) groups excluding carboxylic acids is 1. The van der Waals surface area contributed by atoms with E-state index in [1.807, 2.05) is 20.8 Å². The Morgan fingerprint density at radius 2 is 1.71 bits per heavy atom. The highest BCUT2D eigenvalue weighted by atomic mass is 16.4. The van der Waals surface area contributed by atoms with Crippen LogP contribution in [0.1, 0.15) is 59.8 Å². The molecule has 1 aromatic heterocycles. The largest absolute Gasteiger partial charge is 0.478 e. The summed E-state index contributed by atoms with van der Waals surface area (Å²) in [5.41, 5.74) is 1.66. The number of aromatic nitrogens is 1. The minimum absolute atomic E-state index is 0.108. The summed E-state index contributed by atoms with van der Waals surface area (Å²) >= 11 is 0. The van der Waals surface area contributed by atoms with Crippen molar-refractivity contribution in [2.45, 2.75) is 40.0 Å². The zero-order valence-electron chi connectivity index (χ0n) is 11.2. The minimum Gasteiger partial charge on any atom is -0.478 e. The van der Waals surface area contributed by atoms with Crippen LogP contribution in [0.5, 0.6) is 0 Å². The Morgan fingerprint density at radius 1 is 1.24 bits per heavy atom. The lowest BCUT2D eigenvalue weighted by Crippen LogP contribution is -2.20. The first-order valence-electron chi connectivity index (χ1n) is 5.53. The number of aromatic carboxylic acids is 1. The van der Waals surface area contributed by atoms with E-state index in [-0.39, 0.29) is 16.8 Å². The lowest BCUT2D eigenvalue weighted by molar-refractivity contribution is 0.0693. The molecule has 0 fully saturated rings. The first-order valence-corrected chi connectivity index (χ1v) is 5.53. The number of carbonyl (C=O) groups is 2. The number of hydrogen-bond acceptors (Lipinski definition) is 2. The Labute approximate surface area is 101 Å². The highest BCUT2D eigenvalue weighted by Crippen LogP contribution is 2.31. The van der Waals surface area contributed by atoms with E-state index in [4.69, 9.17) is 0 Å². The molecule has 1 N–H and O–H groups in total. The van der Waals surface area contributed by atoms with E-state index < -0.39 is 5.97 Å². The zero-order chi connectivity index (χ0) is 13.5. The Kier molecular flexibility index (Phi) is 3.19. The van der Waals surface area contributed by atoms with Crippen LogP contribution in [-0.2, 0) is 12.5 Å². The van der Waals surface area contributed by atoms with E-state index in [1.54, 1.807) is 18.5 Å². The smallest absolute Gasteiger partial charge is 0.337 e. The molecule has 0 aromatic carbocycles. The molecule has 0 spiro atoms. The van der Waals surface area contributed by atoms with Crippen molar-refractivity contribution < 1.29 is 14.7 Å². The summed E-state index contributed by atoms with van der Waals surface area (Å²) < 4.78 is 1.71. The van der Waals surface area contributed by atoms with Crippen molar-refractivity contribution in [1.29, 1.82) is 0 Å². The average Bonchev–Trinajstić information content (AvgIpc) is 2.36. The first-order chi connectivity index (χ1) is 7.59. The van der Waals surface area contributed by atoms with Crippen LogP contribution in [0.25, 0.3) is 0 Å². The van der Waals surface area contributed by atoms with Gasteiger partial charge >= 0.3 is 5.97 Å². The molecule has 0 unspecified atom stereocenters. The summed E-state index contributed by atoms with van der Waals surface area (Å²) in [6, 6.07) is 0. The molecule has 94 valence electrons. The molecule has 1 heterocycles.